The molecule has 0 radical (unpaired) electrons. The van der Waals surface area contributed by atoms with Crippen molar-refractivity contribution in [1.29, 1.82) is 0 Å². The van der Waals surface area contributed by atoms with Gasteiger partial charge in [0.1, 0.15) is 0 Å². The third-order valence-electron chi connectivity index (χ3n) is 5.78. The maximum atomic E-state index is 10.8. The van der Waals surface area contributed by atoms with Crippen LogP contribution in [0.5, 0.6) is 0 Å². The van der Waals surface area contributed by atoms with Crippen LogP contribution in [0.15, 0.2) is 0 Å². The molecule has 0 fully saturated rings. The van der Waals surface area contributed by atoms with Gasteiger partial charge in [-0.3, -0.25) is 0 Å². The first kappa shape index (κ1) is 32.7. The van der Waals surface area contributed by atoms with Gasteiger partial charge in [0.15, 0.2) is 0 Å². The van der Waals surface area contributed by atoms with Gasteiger partial charge in [-0.2, -0.15) is 0 Å². The van der Waals surface area contributed by atoms with Gasteiger partial charge in [0.25, 0.3) is 0 Å². The Morgan fingerprint density at radius 2 is 0.966 bits per heavy atom. The van der Waals surface area contributed by atoms with Gasteiger partial charge in [0, 0.05) is 5.25 Å². The minimum Gasteiger partial charge on any atom is -0.748 e. The molecule has 29 heavy (non-hydrogen) atoms. The van der Waals surface area contributed by atoms with E-state index < -0.39 is 15.4 Å². The Labute approximate surface area is 224 Å². The van der Waals surface area contributed by atoms with Crippen LogP contribution in [0.25, 0.3) is 0 Å². The smallest absolute Gasteiger partial charge is 0.748 e. The third kappa shape index (κ3) is 24.0. The van der Waals surface area contributed by atoms with Gasteiger partial charge < -0.3 is 9.66 Å². The minimum atomic E-state index is -4.15. The average Bonchev–Trinajstić information content (AvgIpc) is 2.64. The molecule has 0 rings (SSSR count). The maximum Gasteiger partial charge on any atom is 1.00 e. The minimum absolute atomic E-state index is 0. The Morgan fingerprint density at radius 3 is 1.34 bits per heavy atom. The van der Waals surface area contributed by atoms with Crippen LogP contribution in [0.1, 0.15) is 136 Å². The Kier molecular flexibility index (Phi) is 25.6. The number of rotatable bonds is 21. The molecule has 0 aliphatic carbocycles. The van der Waals surface area contributed by atoms with Crippen molar-refractivity contribution in [1.82, 2.24) is 0 Å². The molecule has 0 aromatic carbocycles. The topological polar surface area (TPSA) is 77.4 Å². The van der Waals surface area contributed by atoms with Crippen molar-refractivity contribution < 1.29 is 69.5 Å². The van der Waals surface area contributed by atoms with E-state index in [0.717, 1.165) is 19.3 Å². The summed E-state index contributed by atoms with van der Waals surface area (Å²) in [5.41, 5.74) is 0. The molecular weight excluding hydrogens is 411 g/mol. The summed E-state index contributed by atoms with van der Waals surface area (Å²) in [4.78, 5) is 0. The van der Waals surface area contributed by atoms with Crippen molar-refractivity contribution in [3.8, 4) is 0 Å². The second kappa shape index (κ2) is 22.7. The van der Waals surface area contributed by atoms with Crippen LogP contribution < -0.4 is 51.4 Å². The average molecular weight is 459 g/mol. The van der Waals surface area contributed by atoms with Crippen LogP contribution in [0, 0.1) is 0 Å². The predicted octanol–water partition coefficient (Wildman–Crippen LogP) is 3.72. The van der Waals surface area contributed by atoms with Crippen molar-refractivity contribution >= 4 is 10.1 Å². The van der Waals surface area contributed by atoms with E-state index in [9.17, 15) is 18.1 Å². The molecule has 0 aromatic heterocycles. The molecule has 0 amide bonds. The molecule has 0 saturated heterocycles. The summed E-state index contributed by atoms with van der Waals surface area (Å²) in [5.74, 6) is 0. The molecule has 2 atom stereocenters. The summed E-state index contributed by atoms with van der Waals surface area (Å²) in [7, 11) is -4.15. The van der Waals surface area contributed by atoms with Crippen LogP contribution in [0.4, 0.5) is 0 Å². The van der Waals surface area contributed by atoms with Crippen molar-refractivity contribution in [2.45, 2.75) is 147 Å². The van der Waals surface area contributed by atoms with Crippen LogP contribution in [0.3, 0.4) is 0 Å². The molecule has 4 nitrogen and oxygen atoms in total. The molecule has 0 aliphatic heterocycles. The molecule has 0 spiro atoms. The molecular formula is C23H47KO4S. The number of aliphatic hydroxyl groups excluding tert-OH is 1. The van der Waals surface area contributed by atoms with E-state index in [1.165, 1.54) is 90.4 Å². The SMILES string of the molecule is CCCCCCCCCCCCCCCCC(O)CCCCC(C)S(=O)(=O)[O-].[K+]. The zero-order chi connectivity index (χ0) is 21.1. The molecule has 6 heteroatoms. The largest absolute Gasteiger partial charge is 1.00 e. The fourth-order valence-electron chi connectivity index (χ4n) is 3.67. The first-order valence-corrected chi connectivity index (χ1v) is 13.5. The number of unbranched alkanes of at least 4 members (excludes halogenated alkanes) is 14. The third-order valence-corrected chi connectivity index (χ3v) is 7.00. The number of hydrogen-bond donors (Lipinski definition) is 1. The van der Waals surface area contributed by atoms with Gasteiger partial charge in [-0.15, -0.1) is 0 Å². The fraction of sp³-hybridized carbons (Fsp3) is 1.00. The summed E-state index contributed by atoms with van der Waals surface area (Å²) in [6, 6.07) is 0. The van der Waals surface area contributed by atoms with E-state index in [2.05, 4.69) is 6.92 Å². The molecule has 0 bridgehead atoms. The normalized spacial score (nSPS) is 13.8. The first-order chi connectivity index (χ1) is 13.4. The molecule has 1 N–H and O–H groups in total. The molecule has 0 heterocycles. The van der Waals surface area contributed by atoms with Crippen LogP contribution >= 0.6 is 0 Å². The first-order valence-electron chi connectivity index (χ1n) is 12.0. The Bertz CT molecular complexity index is 429. The van der Waals surface area contributed by atoms with Crippen LogP contribution in [0.2, 0.25) is 0 Å². The van der Waals surface area contributed by atoms with Gasteiger partial charge in [-0.25, -0.2) is 8.42 Å². The number of hydrogen-bond acceptors (Lipinski definition) is 4. The maximum absolute atomic E-state index is 10.8. The zero-order valence-corrected chi connectivity index (χ0v) is 23.6. The predicted molar refractivity (Wildman–Crippen MR) is 119 cm³/mol. The molecule has 2 unspecified atom stereocenters. The van der Waals surface area contributed by atoms with Gasteiger partial charge >= 0.3 is 51.4 Å². The quantitative estimate of drug-likeness (QED) is 0.162. The van der Waals surface area contributed by atoms with Gasteiger partial charge in [-0.05, 0) is 26.2 Å². The number of aliphatic hydroxyl groups is 1. The van der Waals surface area contributed by atoms with Gasteiger partial charge in [0.2, 0.25) is 0 Å². The molecule has 170 valence electrons. The summed E-state index contributed by atoms with van der Waals surface area (Å²) in [6.07, 6.45) is 21.9. The van der Waals surface area contributed by atoms with Crippen LogP contribution in [-0.2, 0) is 10.1 Å². The van der Waals surface area contributed by atoms with E-state index in [1.807, 2.05) is 0 Å². The second-order valence-corrected chi connectivity index (χ2v) is 10.4. The van der Waals surface area contributed by atoms with E-state index in [0.29, 0.717) is 19.3 Å². The van der Waals surface area contributed by atoms with Gasteiger partial charge in [-0.1, -0.05) is 110 Å². The van der Waals surface area contributed by atoms with Crippen molar-refractivity contribution in [2.75, 3.05) is 0 Å². The van der Waals surface area contributed by atoms with E-state index in [1.54, 1.807) is 0 Å². The van der Waals surface area contributed by atoms with Crippen molar-refractivity contribution in [3.63, 3.8) is 0 Å². The molecule has 0 aliphatic rings. The summed E-state index contributed by atoms with van der Waals surface area (Å²) in [5, 5.41) is 9.18. The van der Waals surface area contributed by atoms with E-state index >= 15 is 0 Å². The van der Waals surface area contributed by atoms with E-state index in [-0.39, 0.29) is 57.5 Å². The Morgan fingerprint density at radius 1 is 0.655 bits per heavy atom. The fourth-order valence-corrected chi connectivity index (χ4v) is 4.13. The Balaban J connectivity index is 0. The second-order valence-electron chi connectivity index (χ2n) is 8.63. The zero-order valence-electron chi connectivity index (χ0n) is 19.7. The van der Waals surface area contributed by atoms with Crippen molar-refractivity contribution in [2.24, 2.45) is 0 Å². The van der Waals surface area contributed by atoms with Crippen molar-refractivity contribution in [3.05, 3.63) is 0 Å². The molecule has 0 saturated carbocycles. The summed E-state index contributed by atoms with van der Waals surface area (Å²) < 4.78 is 32.4. The monoisotopic (exact) mass is 458 g/mol. The van der Waals surface area contributed by atoms with E-state index in [4.69, 9.17) is 0 Å². The van der Waals surface area contributed by atoms with Gasteiger partial charge in [0.05, 0.1) is 16.2 Å². The Hall–Kier alpha value is 1.51. The standard InChI is InChI=1S/C23H48O4S.K/c1-3-4-5-6-7-8-9-10-11-12-13-14-15-16-20-23(24)21-18-17-19-22(2)28(25,26)27;/h22-24H,3-21H2,1-2H3,(H,25,26,27);/q;+1/p-1. The molecule has 0 aromatic rings. The summed E-state index contributed by atoms with van der Waals surface area (Å²) in [6.45, 7) is 3.73. The van der Waals surface area contributed by atoms with Crippen LogP contribution in [-0.4, -0.2) is 29.4 Å². The summed E-state index contributed by atoms with van der Waals surface area (Å²) >= 11 is 0.